The quantitative estimate of drug-likeness (QED) is 0.685. The zero-order valence-electron chi connectivity index (χ0n) is 14.7. The summed E-state index contributed by atoms with van der Waals surface area (Å²) in [6.07, 6.45) is 3.43. The lowest BCUT2D eigenvalue weighted by atomic mass is 10.2. The van der Waals surface area contributed by atoms with E-state index in [4.69, 9.17) is 16.3 Å². The van der Waals surface area contributed by atoms with Crippen LogP contribution in [-0.2, 0) is 11.3 Å². The molecular formula is C18H21ClN6O. The molecule has 0 atom stereocenters. The van der Waals surface area contributed by atoms with E-state index in [1.54, 1.807) is 13.4 Å². The van der Waals surface area contributed by atoms with Crippen molar-refractivity contribution >= 4 is 34.3 Å². The molecule has 1 aromatic carbocycles. The van der Waals surface area contributed by atoms with Gasteiger partial charge in [0.25, 0.3) is 0 Å². The van der Waals surface area contributed by atoms with Crippen molar-refractivity contribution in [2.75, 3.05) is 49.7 Å². The molecule has 26 heavy (non-hydrogen) atoms. The van der Waals surface area contributed by atoms with E-state index in [-0.39, 0.29) is 0 Å². The van der Waals surface area contributed by atoms with E-state index >= 15 is 0 Å². The maximum atomic E-state index is 6.12. The third-order valence-electron chi connectivity index (χ3n) is 4.67. The summed E-state index contributed by atoms with van der Waals surface area (Å²) in [5.41, 5.74) is 2.86. The Kier molecular flexibility index (Phi) is 4.90. The van der Waals surface area contributed by atoms with Crippen molar-refractivity contribution in [3.63, 3.8) is 0 Å². The lowest BCUT2D eigenvalue weighted by Crippen LogP contribution is -2.47. The summed E-state index contributed by atoms with van der Waals surface area (Å²) in [5, 5.41) is 0.768. The molecule has 1 fully saturated rings. The summed E-state index contributed by atoms with van der Waals surface area (Å²) < 4.78 is 7.16. The topological polar surface area (TPSA) is 59.3 Å². The first kappa shape index (κ1) is 17.1. The fourth-order valence-corrected chi connectivity index (χ4v) is 3.49. The molecule has 1 aliphatic rings. The number of nitrogens with zero attached hydrogens (tertiary/aromatic N) is 6. The van der Waals surface area contributed by atoms with E-state index in [1.165, 1.54) is 0 Å². The van der Waals surface area contributed by atoms with Crippen LogP contribution in [-0.4, -0.2) is 59.4 Å². The zero-order chi connectivity index (χ0) is 17.9. The van der Waals surface area contributed by atoms with Crippen LogP contribution < -0.4 is 9.80 Å². The Morgan fingerprint density at radius 2 is 1.88 bits per heavy atom. The summed E-state index contributed by atoms with van der Waals surface area (Å²) >= 11 is 6.12. The molecular weight excluding hydrogens is 352 g/mol. The van der Waals surface area contributed by atoms with Gasteiger partial charge in [0, 0.05) is 50.5 Å². The van der Waals surface area contributed by atoms with Crippen LogP contribution in [0.15, 0.2) is 36.9 Å². The SMILES string of the molecule is COCCn1cnc2c(N3CCN(c4cccc(Cl)c4)CC3)ncnc21. The molecule has 0 bridgehead atoms. The number of methoxy groups -OCH3 is 1. The molecule has 2 aromatic heterocycles. The number of ether oxygens (including phenoxy) is 1. The molecule has 3 heterocycles. The van der Waals surface area contributed by atoms with Crippen LogP contribution in [0.3, 0.4) is 0 Å². The number of imidazole rings is 1. The molecule has 0 spiro atoms. The van der Waals surface area contributed by atoms with Gasteiger partial charge < -0.3 is 19.1 Å². The second-order valence-electron chi connectivity index (χ2n) is 6.25. The van der Waals surface area contributed by atoms with Gasteiger partial charge in [0.15, 0.2) is 17.0 Å². The Labute approximate surface area is 157 Å². The Morgan fingerprint density at radius 1 is 1.08 bits per heavy atom. The highest BCUT2D eigenvalue weighted by Gasteiger charge is 2.22. The Bertz CT molecular complexity index is 890. The number of anilines is 2. The lowest BCUT2D eigenvalue weighted by molar-refractivity contribution is 0.188. The number of hydrogen-bond acceptors (Lipinski definition) is 6. The highest BCUT2D eigenvalue weighted by atomic mass is 35.5. The predicted molar refractivity (Wildman–Crippen MR) is 103 cm³/mol. The van der Waals surface area contributed by atoms with Crippen molar-refractivity contribution in [3.05, 3.63) is 41.9 Å². The molecule has 0 unspecified atom stereocenters. The van der Waals surface area contributed by atoms with Crippen molar-refractivity contribution in [2.24, 2.45) is 0 Å². The fraction of sp³-hybridized carbons (Fsp3) is 0.389. The van der Waals surface area contributed by atoms with E-state index in [1.807, 2.05) is 29.1 Å². The number of benzene rings is 1. The molecule has 0 N–H and O–H groups in total. The summed E-state index contributed by atoms with van der Waals surface area (Å²) in [7, 11) is 1.69. The van der Waals surface area contributed by atoms with Gasteiger partial charge in [-0.2, -0.15) is 0 Å². The molecule has 7 nitrogen and oxygen atoms in total. The lowest BCUT2D eigenvalue weighted by Gasteiger charge is -2.36. The predicted octanol–water partition coefficient (Wildman–Crippen LogP) is 2.45. The van der Waals surface area contributed by atoms with Crippen LogP contribution in [0.5, 0.6) is 0 Å². The molecule has 0 radical (unpaired) electrons. The third-order valence-corrected chi connectivity index (χ3v) is 4.91. The average molecular weight is 373 g/mol. The van der Waals surface area contributed by atoms with E-state index < -0.39 is 0 Å². The molecule has 1 saturated heterocycles. The number of fused-ring (bicyclic) bond motifs is 1. The molecule has 0 amide bonds. The van der Waals surface area contributed by atoms with Gasteiger partial charge in [-0.15, -0.1) is 0 Å². The Hall–Kier alpha value is -2.38. The van der Waals surface area contributed by atoms with Gasteiger partial charge in [0.05, 0.1) is 12.9 Å². The minimum atomic E-state index is 0.628. The van der Waals surface area contributed by atoms with Crippen LogP contribution in [0.2, 0.25) is 5.02 Å². The smallest absolute Gasteiger partial charge is 0.165 e. The molecule has 0 aliphatic carbocycles. The monoisotopic (exact) mass is 372 g/mol. The van der Waals surface area contributed by atoms with Gasteiger partial charge >= 0.3 is 0 Å². The second kappa shape index (κ2) is 7.47. The fourth-order valence-electron chi connectivity index (χ4n) is 3.30. The van der Waals surface area contributed by atoms with Gasteiger partial charge in [-0.3, -0.25) is 0 Å². The number of halogens is 1. The van der Waals surface area contributed by atoms with E-state index in [0.717, 1.165) is 60.4 Å². The Morgan fingerprint density at radius 3 is 2.65 bits per heavy atom. The van der Waals surface area contributed by atoms with Crippen LogP contribution in [0.25, 0.3) is 11.2 Å². The van der Waals surface area contributed by atoms with Gasteiger partial charge in [-0.05, 0) is 18.2 Å². The highest BCUT2D eigenvalue weighted by Crippen LogP contribution is 2.25. The summed E-state index contributed by atoms with van der Waals surface area (Å²) in [4.78, 5) is 18.1. The third kappa shape index (κ3) is 3.32. The van der Waals surface area contributed by atoms with Gasteiger partial charge in [0.2, 0.25) is 0 Å². The molecule has 1 aliphatic heterocycles. The van der Waals surface area contributed by atoms with Gasteiger partial charge in [-0.25, -0.2) is 15.0 Å². The van der Waals surface area contributed by atoms with Crippen LogP contribution >= 0.6 is 11.6 Å². The van der Waals surface area contributed by atoms with E-state index in [0.29, 0.717) is 6.61 Å². The van der Waals surface area contributed by atoms with Crippen molar-refractivity contribution in [3.8, 4) is 0 Å². The number of piperazine rings is 1. The largest absolute Gasteiger partial charge is 0.383 e. The van der Waals surface area contributed by atoms with Crippen molar-refractivity contribution in [2.45, 2.75) is 6.54 Å². The molecule has 4 rings (SSSR count). The molecule has 8 heteroatoms. The van der Waals surface area contributed by atoms with Crippen molar-refractivity contribution in [1.82, 2.24) is 19.5 Å². The van der Waals surface area contributed by atoms with Gasteiger partial charge in [-0.1, -0.05) is 17.7 Å². The normalized spacial score (nSPS) is 15.0. The summed E-state index contributed by atoms with van der Waals surface area (Å²) in [6, 6.07) is 8.00. The first-order valence-electron chi connectivity index (χ1n) is 8.66. The first-order chi connectivity index (χ1) is 12.8. The van der Waals surface area contributed by atoms with Crippen molar-refractivity contribution < 1.29 is 4.74 Å². The van der Waals surface area contributed by atoms with E-state index in [9.17, 15) is 0 Å². The number of rotatable bonds is 5. The van der Waals surface area contributed by atoms with Crippen molar-refractivity contribution in [1.29, 1.82) is 0 Å². The first-order valence-corrected chi connectivity index (χ1v) is 9.04. The summed E-state index contributed by atoms with van der Waals surface area (Å²) in [6.45, 7) is 4.94. The molecule has 3 aromatic rings. The minimum absolute atomic E-state index is 0.628. The van der Waals surface area contributed by atoms with Crippen LogP contribution in [0.4, 0.5) is 11.5 Å². The Balaban J connectivity index is 1.51. The number of aromatic nitrogens is 4. The van der Waals surface area contributed by atoms with Crippen LogP contribution in [0, 0.1) is 0 Å². The maximum Gasteiger partial charge on any atom is 0.165 e. The highest BCUT2D eigenvalue weighted by molar-refractivity contribution is 6.30. The van der Waals surface area contributed by atoms with Gasteiger partial charge in [0.1, 0.15) is 6.33 Å². The maximum absolute atomic E-state index is 6.12. The molecule has 0 saturated carbocycles. The average Bonchev–Trinajstić information content (AvgIpc) is 3.10. The number of hydrogen-bond donors (Lipinski definition) is 0. The molecule has 136 valence electrons. The second-order valence-corrected chi connectivity index (χ2v) is 6.69. The summed E-state index contributed by atoms with van der Waals surface area (Å²) in [5.74, 6) is 0.900. The van der Waals surface area contributed by atoms with E-state index in [2.05, 4.69) is 30.8 Å². The zero-order valence-corrected chi connectivity index (χ0v) is 15.4. The van der Waals surface area contributed by atoms with Crippen LogP contribution in [0.1, 0.15) is 0 Å². The minimum Gasteiger partial charge on any atom is -0.383 e. The standard InChI is InChI=1S/C18H21ClN6O/c1-26-10-9-25-13-22-16-17(20-12-21-18(16)25)24-7-5-23(6-8-24)15-4-2-3-14(19)11-15/h2-4,11-13H,5-10H2,1H3.